The van der Waals surface area contributed by atoms with Gasteiger partial charge in [-0.2, -0.15) is 0 Å². The van der Waals surface area contributed by atoms with Gasteiger partial charge >= 0.3 is 0 Å². The Kier molecular flexibility index (Phi) is 6.88. The van der Waals surface area contributed by atoms with Gasteiger partial charge in [0.05, 0.1) is 0 Å². The van der Waals surface area contributed by atoms with Gasteiger partial charge in [-0.25, -0.2) is 0 Å². The number of nitrogens with one attached hydrogen (secondary N) is 1. The molecule has 130 valence electrons. The molecule has 0 saturated carbocycles. The molecular formula is C19H25NO4. The van der Waals surface area contributed by atoms with Crippen molar-refractivity contribution in [1.29, 1.82) is 0 Å². The maximum atomic E-state index is 12.0. The largest absolute Gasteiger partial charge is 0.485 e. The normalized spacial score (nSPS) is 10.6. The minimum Gasteiger partial charge on any atom is -0.485 e. The van der Waals surface area contributed by atoms with Gasteiger partial charge in [0.25, 0.3) is 5.91 Å². The van der Waals surface area contributed by atoms with Crippen LogP contribution in [0.5, 0.6) is 5.75 Å². The number of carbonyl (C=O) groups is 1. The van der Waals surface area contributed by atoms with E-state index in [0.717, 1.165) is 23.3 Å². The molecule has 5 nitrogen and oxygen atoms in total. The van der Waals surface area contributed by atoms with Crippen LogP contribution in [0.1, 0.15) is 40.8 Å². The first-order valence-corrected chi connectivity index (χ1v) is 8.25. The molecule has 0 saturated heterocycles. The lowest BCUT2D eigenvalue weighted by Crippen LogP contribution is -2.24. The predicted octanol–water partition coefficient (Wildman–Crippen LogP) is 3.63. The second-order valence-electron chi connectivity index (χ2n) is 5.58. The zero-order chi connectivity index (χ0) is 17.4. The molecule has 0 unspecified atom stereocenters. The highest BCUT2D eigenvalue weighted by molar-refractivity contribution is 5.91. The lowest BCUT2D eigenvalue weighted by atomic mass is 10.1. The van der Waals surface area contributed by atoms with Crippen LogP contribution in [0.25, 0.3) is 0 Å². The van der Waals surface area contributed by atoms with Gasteiger partial charge in [0.2, 0.25) is 0 Å². The molecule has 1 N–H and O–H groups in total. The molecule has 1 aromatic carbocycles. The van der Waals surface area contributed by atoms with E-state index in [-0.39, 0.29) is 5.91 Å². The molecule has 0 aliphatic rings. The fourth-order valence-corrected chi connectivity index (χ4v) is 2.36. The minimum atomic E-state index is -0.218. The maximum absolute atomic E-state index is 12.0. The van der Waals surface area contributed by atoms with Crippen molar-refractivity contribution >= 4 is 5.91 Å². The molecule has 0 atom stereocenters. The summed E-state index contributed by atoms with van der Waals surface area (Å²) >= 11 is 0. The quantitative estimate of drug-likeness (QED) is 0.713. The first-order valence-electron chi connectivity index (χ1n) is 8.25. The average molecular weight is 331 g/mol. The smallest absolute Gasteiger partial charge is 0.286 e. The average Bonchev–Trinajstić information content (AvgIpc) is 3.03. The summed E-state index contributed by atoms with van der Waals surface area (Å²) in [4.78, 5) is 12.0. The summed E-state index contributed by atoms with van der Waals surface area (Å²) < 4.78 is 16.6. The summed E-state index contributed by atoms with van der Waals surface area (Å²) in [5.41, 5.74) is 2.16. The molecule has 0 radical (unpaired) electrons. The molecular weight excluding hydrogens is 306 g/mol. The highest BCUT2D eigenvalue weighted by Gasteiger charge is 2.11. The molecule has 0 aliphatic carbocycles. The van der Waals surface area contributed by atoms with E-state index in [1.807, 2.05) is 39.0 Å². The third-order valence-electron chi connectivity index (χ3n) is 3.61. The zero-order valence-electron chi connectivity index (χ0n) is 14.6. The summed E-state index contributed by atoms with van der Waals surface area (Å²) in [7, 11) is 0. The Bertz CT molecular complexity index is 643. The minimum absolute atomic E-state index is 0.218. The van der Waals surface area contributed by atoms with Crippen molar-refractivity contribution < 1.29 is 18.7 Å². The van der Waals surface area contributed by atoms with Gasteiger partial charge in [-0.05, 0) is 50.5 Å². The van der Waals surface area contributed by atoms with E-state index in [0.29, 0.717) is 37.9 Å². The Labute approximate surface area is 143 Å². The Morgan fingerprint density at radius 2 is 1.92 bits per heavy atom. The number of furan rings is 1. The molecule has 1 amide bonds. The Balaban J connectivity index is 1.83. The Hall–Kier alpha value is -2.27. The predicted molar refractivity (Wildman–Crippen MR) is 92.4 cm³/mol. The maximum Gasteiger partial charge on any atom is 0.286 e. The molecule has 0 spiro atoms. The van der Waals surface area contributed by atoms with Crippen molar-refractivity contribution in [3.8, 4) is 5.75 Å². The van der Waals surface area contributed by atoms with Crippen molar-refractivity contribution in [2.24, 2.45) is 0 Å². The second kappa shape index (κ2) is 9.13. The fraction of sp³-hybridized carbons (Fsp3) is 0.421. The number of hydrogen-bond acceptors (Lipinski definition) is 4. The van der Waals surface area contributed by atoms with Crippen LogP contribution in [0.3, 0.4) is 0 Å². The Morgan fingerprint density at radius 1 is 1.17 bits per heavy atom. The summed E-state index contributed by atoms with van der Waals surface area (Å²) in [5.74, 6) is 1.56. The number of carbonyl (C=O) groups excluding carboxylic acids is 1. The van der Waals surface area contributed by atoms with E-state index in [9.17, 15) is 4.79 Å². The monoisotopic (exact) mass is 331 g/mol. The number of hydrogen-bond donors (Lipinski definition) is 1. The van der Waals surface area contributed by atoms with Gasteiger partial charge in [-0.15, -0.1) is 0 Å². The van der Waals surface area contributed by atoms with E-state index < -0.39 is 0 Å². The van der Waals surface area contributed by atoms with Crippen LogP contribution in [0.4, 0.5) is 0 Å². The molecule has 1 aromatic heterocycles. The van der Waals surface area contributed by atoms with Gasteiger partial charge in [-0.3, -0.25) is 4.79 Å². The number of rotatable bonds is 9. The number of para-hydroxylation sites is 1. The molecule has 2 rings (SSSR count). The number of benzene rings is 1. The molecule has 24 heavy (non-hydrogen) atoms. The molecule has 0 aliphatic heterocycles. The van der Waals surface area contributed by atoms with Crippen molar-refractivity contribution in [1.82, 2.24) is 5.32 Å². The van der Waals surface area contributed by atoms with E-state index in [2.05, 4.69) is 5.32 Å². The summed E-state index contributed by atoms with van der Waals surface area (Å²) in [6.45, 7) is 8.15. The summed E-state index contributed by atoms with van der Waals surface area (Å²) in [6, 6.07) is 9.44. The lowest BCUT2D eigenvalue weighted by molar-refractivity contribution is 0.0912. The van der Waals surface area contributed by atoms with Gasteiger partial charge in [0, 0.05) is 19.8 Å². The highest BCUT2D eigenvalue weighted by atomic mass is 16.5. The van der Waals surface area contributed by atoms with Gasteiger partial charge < -0.3 is 19.2 Å². The lowest BCUT2D eigenvalue weighted by Gasteiger charge is -2.10. The van der Waals surface area contributed by atoms with Crippen molar-refractivity contribution in [2.75, 3.05) is 19.8 Å². The van der Waals surface area contributed by atoms with Crippen LogP contribution in [0.15, 0.2) is 34.7 Å². The Morgan fingerprint density at radius 3 is 2.62 bits per heavy atom. The van der Waals surface area contributed by atoms with Gasteiger partial charge in [0.1, 0.15) is 18.1 Å². The standard InChI is InChI=1S/C19H25NO4/c1-4-22-12-6-11-20-19(21)17-10-9-16(24-17)13-23-18-14(2)7-5-8-15(18)3/h5,7-10H,4,6,11-13H2,1-3H3,(H,20,21). The second-order valence-corrected chi connectivity index (χ2v) is 5.58. The first kappa shape index (κ1) is 18.1. The number of ether oxygens (including phenoxy) is 2. The third kappa shape index (κ3) is 5.13. The van der Waals surface area contributed by atoms with Crippen molar-refractivity contribution in [2.45, 2.75) is 33.8 Å². The van der Waals surface area contributed by atoms with Crippen LogP contribution >= 0.6 is 0 Å². The fourth-order valence-electron chi connectivity index (χ4n) is 2.36. The highest BCUT2D eigenvalue weighted by Crippen LogP contribution is 2.23. The van der Waals surface area contributed by atoms with Gasteiger partial charge in [0.15, 0.2) is 5.76 Å². The van der Waals surface area contributed by atoms with Crippen molar-refractivity contribution in [3.63, 3.8) is 0 Å². The zero-order valence-corrected chi connectivity index (χ0v) is 14.6. The molecule has 2 aromatic rings. The van der Waals surface area contributed by atoms with E-state index >= 15 is 0 Å². The summed E-state index contributed by atoms with van der Waals surface area (Å²) in [6.07, 6.45) is 0.781. The molecule has 1 heterocycles. The number of amides is 1. The topological polar surface area (TPSA) is 60.7 Å². The molecule has 0 fully saturated rings. The number of aryl methyl sites for hydroxylation is 2. The van der Waals surface area contributed by atoms with Crippen LogP contribution < -0.4 is 10.1 Å². The van der Waals surface area contributed by atoms with E-state index in [1.165, 1.54) is 0 Å². The van der Waals surface area contributed by atoms with Crippen LogP contribution in [0, 0.1) is 13.8 Å². The summed E-state index contributed by atoms with van der Waals surface area (Å²) in [5, 5.41) is 2.81. The van der Waals surface area contributed by atoms with E-state index in [4.69, 9.17) is 13.9 Å². The van der Waals surface area contributed by atoms with E-state index in [1.54, 1.807) is 12.1 Å². The van der Waals surface area contributed by atoms with Crippen LogP contribution in [-0.4, -0.2) is 25.7 Å². The molecule has 0 bridgehead atoms. The van der Waals surface area contributed by atoms with Crippen molar-refractivity contribution in [3.05, 3.63) is 53.0 Å². The SMILES string of the molecule is CCOCCCNC(=O)c1ccc(COc2c(C)cccc2C)o1. The third-order valence-corrected chi connectivity index (χ3v) is 3.61. The van der Waals surface area contributed by atoms with Gasteiger partial charge in [-0.1, -0.05) is 18.2 Å². The molecule has 5 heteroatoms. The van der Waals surface area contributed by atoms with Crippen LogP contribution in [0.2, 0.25) is 0 Å². The first-order chi connectivity index (χ1) is 11.6. The van der Waals surface area contributed by atoms with Crippen LogP contribution in [-0.2, 0) is 11.3 Å².